The molecule has 2 fully saturated rings. The van der Waals surface area contributed by atoms with Crippen molar-refractivity contribution in [1.29, 1.82) is 0 Å². The summed E-state index contributed by atoms with van der Waals surface area (Å²) in [6.45, 7) is 10.6. The van der Waals surface area contributed by atoms with Crippen LogP contribution in [0.15, 0.2) is 30.8 Å². The van der Waals surface area contributed by atoms with Crippen LogP contribution in [0.3, 0.4) is 0 Å². The zero-order chi connectivity index (χ0) is 17.1. The Morgan fingerprint density at radius 3 is 2.25 bits per heavy atom. The Balaban J connectivity index is 1.60. The van der Waals surface area contributed by atoms with E-state index in [-0.39, 0.29) is 12.1 Å². The number of urea groups is 1. The summed E-state index contributed by atoms with van der Waals surface area (Å²) < 4.78 is 0. The molecule has 0 unspecified atom stereocenters. The van der Waals surface area contributed by atoms with Crippen LogP contribution in [-0.4, -0.2) is 66.3 Å². The fourth-order valence-electron chi connectivity index (χ4n) is 3.51. The van der Waals surface area contributed by atoms with E-state index in [1.165, 1.54) is 11.3 Å². The van der Waals surface area contributed by atoms with Gasteiger partial charge in [-0.2, -0.15) is 0 Å². The van der Waals surface area contributed by atoms with Crippen molar-refractivity contribution in [2.75, 3.05) is 44.2 Å². The highest BCUT2D eigenvalue weighted by atomic mass is 16.3. The van der Waals surface area contributed by atoms with Crippen molar-refractivity contribution < 1.29 is 9.90 Å². The molecule has 0 aromatic heterocycles. The van der Waals surface area contributed by atoms with Gasteiger partial charge in [0.1, 0.15) is 0 Å². The number of piperazine rings is 1. The zero-order valence-corrected chi connectivity index (χ0v) is 14.4. The number of aliphatic hydroxyl groups is 1. The third-order valence-electron chi connectivity index (χ3n) is 4.99. The van der Waals surface area contributed by atoms with Crippen LogP contribution in [0.5, 0.6) is 0 Å². The minimum atomic E-state index is -0.246. The average Bonchev–Trinajstić information content (AvgIpc) is 2.62. The third kappa shape index (κ3) is 3.56. The molecule has 0 bridgehead atoms. The van der Waals surface area contributed by atoms with Crippen molar-refractivity contribution >= 4 is 17.3 Å². The van der Waals surface area contributed by atoms with E-state index in [2.05, 4.69) is 29.7 Å². The number of nitrogens with zero attached hydrogens (tertiary/aromatic N) is 3. The van der Waals surface area contributed by atoms with Gasteiger partial charge >= 0.3 is 6.03 Å². The topological polar surface area (TPSA) is 47.0 Å². The number of carbonyl (C=O) groups is 1. The second-order valence-electron chi connectivity index (χ2n) is 6.77. The molecule has 1 aromatic carbocycles. The van der Waals surface area contributed by atoms with Crippen molar-refractivity contribution in [2.24, 2.45) is 0 Å². The molecular formula is C19H27N3O2. The van der Waals surface area contributed by atoms with E-state index in [1.807, 2.05) is 22.8 Å². The van der Waals surface area contributed by atoms with Crippen LogP contribution in [-0.2, 0) is 0 Å². The molecule has 0 radical (unpaired) electrons. The van der Waals surface area contributed by atoms with Gasteiger partial charge in [-0.1, -0.05) is 24.8 Å². The molecule has 1 aromatic rings. The molecule has 0 atom stereocenters. The molecule has 130 valence electrons. The molecule has 2 amide bonds. The summed E-state index contributed by atoms with van der Waals surface area (Å²) in [5, 5.41) is 9.59. The second-order valence-corrected chi connectivity index (χ2v) is 6.77. The molecule has 3 rings (SSSR count). The lowest BCUT2D eigenvalue weighted by Crippen LogP contribution is -2.54. The van der Waals surface area contributed by atoms with Gasteiger partial charge in [-0.3, -0.25) is 0 Å². The van der Waals surface area contributed by atoms with Crippen molar-refractivity contribution in [3.63, 3.8) is 0 Å². The van der Waals surface area contributed by atoms with Crippen LogP contribution < -0.4 is 4.90 Å². The van der Waals surface area contributed by atoms with Gasteiger partial charge in [0.2, 0.25) is 0 Å². The number of amides is 2. The van der Waals surface area contributed by atoms with Crippen LogP contribution in [0.25, 0.3) is 5.57 Å². The first-order valence-electron chi connectivity index (χ1n) is 8.78. The Morgan fingerprint density at radius 2 is 1.62 bits per heavy atom. The Kier molecular flexibility index (Phi) is 5.09. The Labute approximate surface area is 144 Å². The first kappa shape index (κ1) is 16.8. The number of likely N-dealkylation sites (tertiary alicyclic amines) is 1. The molecule has 0 saturated carbocycles. The summed E-state index contributed by atoms with van der Waals surface area (Å²) in [5.74, 6) is 0. The van der Waals surface area contributed by atoms with Gasteiger partial charge in [0.15, 0.2) is 0 Å². The molecule has 5 heteroatoms. The highest BCUT2D eigenvalue weighted by molar-refractivity contribution is 5.76. The van der Waals surface area contributed by atoms with Crippen LogP contribution in [0.4, 0.5) is 10.5 Å². The first-order valence-corrected chi connectivity index (χ1v) is 8.78. The number of hydrogen-bond acceptors (Lipinski definition) is 3. The zero-order valence-electron chi connectivity index (χ0n) is 14.4. The lowest BCUT2D eigenvalue weighted by Gasteiger charge is -2.40. The lowest BCUT2D eigenvalue weighted by atomic mass is 10.1. The smallest absolute Gasteiger partial charge is 0.320 e. The maximum atomic E-state index is 12.6. The van der Waals surface area contributed by atoms with Crippen molar-refractivity contribution in [3.8, 4) is 0 Å². The molecular weight excluding hydrogens is 302 g/mol. The Bertz CT molecular complexity index is 600. The van der Waals surface area contributed by atoms with Crippen molar-refractivity contribution in [1.82, 2.24) is 9.80 Å². The molecule has 5 nitrogen and oxygen atoms in total. The molecule has 0 aliphatic carbocycles. The third-order valence-corrected chi connectivity index (χ3v) is 4.99. The molecule has 2 aliphatic heterocycles. The van der Waals surface area contributed by atoms with E-state index in [0.29, 0.717) is 25.9 Å². The molecule has 2 saturated heterocycles. The number of allylic oxidation sites excluding steroid dienone is 1. The molecule has 2 heterocycles. The quantitative estimate of drug-likeness (QED) is 0.906. The molecule has 24 heavy (non-hydrogen) atoms. The summed E-state index contributed by atoms with van der Waals surface area (Å²) in [6.07, 6.45) is 1.14. The number of piperidine rings is 1. The van der Waals surface area contributed by atoms with Crippen LogP contribution >= 0.6 is 0 Å². The van der Waals surface area contributed by atoms with E-state index in [4.69, 9.17) is 0 Å². The Hall–Kier alpha value is -2.01. The van der Waals surface area contributed by atoms with Crippen molar-refractivity contribution in [3.05, 3.63) is 36.4 Å². The van der Waals surface area contributed by atoms with Gasteiger partial charge < -0.3 is 19.8 Å². The van der Waals surface area contributed by atoms with E-state index in [0.717, 1.165) is 31.8 Å². The fourth-order valence-corrected chi connectivity index (χ4v) is 3.51. The maximum absolute atomic E-state index is 12.6. The SMILES string of the molecule is C=C(C)c1ccccc1N1CCN(C(=O)N2CCC(O)CC2)CC1. The predicted octanol–water partition coefficient (Wildman–Crippen LogP) is 2.42. The second kappa shape index (κ2) is 7.26. The minimum Gasteiger partial charge on any atom is -0.393 e. The molecule has 1 N–H and O–H groups in total. The van der Waals surface area contributed by atoms with Gasteiger partial charge in [0.05, 0.1) is 6.10 Å². The summed E-state index contributed by atoms with van der Waals surface area (Å²) >= 11 is 0. The number of benzene rings is 1. The minimum absolute atomic E-state index is 0.120. The lowest BCUT2D eigenvalue weighted by molar-refractivity contribution is 0.0805. The van der Waals surface area contributed by atoms with E-state index < -0.39 is 0 Å². The van der Waals surface area contributed by atoms with Gasteiger partial charge in [-0.25, -0.2) is 4.79 Å². The van der Waals surface area contributed by atoms with Crippen LogP contribution in [0, 0.1) is 0 Å². The standard InChI is InChI=1S/C19H27N3O2/c1-15(2)17-5-3-4-6-18(17)20-11-13-22(14-12-20)19(24)21-9-7-16(23)8-10-21/h3-6,16,23H,1,7-14H2,2H3. The number of rotatable bonds is 2. The van der Waals surface area contributed by atoms with E-state index >= 15 is 0 Å². The largest absolute Gasteiger partial charge is 0.393 e. The highest BCUT2D eigenvalue weighted by Gasteiger charge is 2.28. The van der Waals surface area contributed by atoms with Crippen LogP contribution in [0.2, 0.25) is 0 Å². The summed E-state index contributed by atoms with van der Waals surface area (Å²) in [4.78, 5) is 18.8. The monoisotopic (exact) mass is 329 g/mol. The van der Waals surface area contributed by atoms with Gasteiger partial charge in [0.25, 0.3) is 0 Å². The number of para-hydroxylation sites is 1. The number of anilines is 1. The number of hydrogen-bond donors (Lipinski definition) is 1. The van der Waals surface area contributed by atoms with E-state index in [9.17, 15) is 9.90 Å². The summed E-state index contributed by atoms with van der Waals surface area (Å²) in [5.41, 5.74) is 3.46. The fraction of sp³-hybridized carbons (Fsp3) is 0.526. The van der Waals surface area contributed by atoms with Gasteiger partial charge in [-0.15, -0.1) is 0 Å². The first-order chi connectivity index (χ1) is 11.6. The molecule has 0 spiro atoms. The summed E-state index contributed by atoms with van der Waals surface area (Å²) in [7, 11) is 0. The van der Waals surface area contributed by atoms with Crippen molar-refractivity contribution in [2.45, 2.75) is 25.9 Å². The normalized spacial score (nSPS) is 19.5. The van der Waals surface area contributed by atoms with Gasteiger partial charge in [-0.05, 0) is 31.4 Å². The van der Waals surface area contributed by atoms with E-state index in [1.54, 1.807) is 0 Å². The Morgan fingerprint density at radius 1 is 1.04 bits per heavy atom. The molecule has 2 aliphatic rings. The predicted molar refractivity (Wildman–Crippen MR) is 97.1 cm³/mol. The van der Waals surface area contributed by atoms with Crippen LogP contribution in [0.1, 0.15) is 25.3 Å². The van der Waals surface area contributed by atoms with Gasteiger partial charge in [0, 0.05) is 50.5 Å². The number of carbonyl (C=O) groups excluding carboxylic acids is 1. The number of aliphatic hydroxyl groups excluding tert-OH is 1. The average molecular weight is 329 g/mol. The summed E-state index contributed by atoms with van der Waals surface area (Å²) in [6, 6.07) is 8.45. The maximum Gasteiger partial charge on any atom is 0.320 e. The highest BCUT2D eigenvalue weighted by Crippen LogP contribution is 2.27.